The monoisotopic (exact) mass is 175 g/mol. The van der Waals surface area contributed by atoms with Gasteiger partial charge in [-0.25, -0.2) is 0 Å². The van der Waals surface area contributed by atoms with Gasteiger partial charge < -0.3 is 0 Å². The minimum absolute atomic E-state index is 0.417. The van der Waals surface area contributed by atoms with E-state index >= 15 is 0 Å². The van der Waals surface area contributed by atoms with Gasteiger partial charge in [0.1, 0.15) is 0 Å². The molecule has 1 heterocycles. The van der Waals surface area contributed by atoms with E-state index in [1.165, 1.54) is 24.1 Å². The molecule has 0 N–H and O–H groups in total. The topological polar surface area (TPSA) is 12.9 Å². The first-order chi connectivity index (χ1) is 6.07. The lowest BCUT2D eigenvalue weighted by molar-refractivity contribution is 0.250. The van der Waals surface area contributed by atoms with Crippen molar-refractivity contribution in [3.05, 3.63) is 29.6 Å². The highest BCUT2D eigenvalue weighted by molar-refractivity contribution is 5.26. The molecule has 1 aliphatic carbocycles. The minimum Gasteiger partial charge on any atom is -0.261 e. The Morgan fingerprint density at radius 1 is 1.31 bits per heavy atom. The maximum Gasteiger partial charge on any atom is 0.0438 e. The second-order valence-corrected chi connectivity index (χ2v) is 5.08. The van der Waals surface area contributed by atoms with Crippen molar-refractivity contribution in [3.8, 4) is 0 Å². The van der Waals surface area contributed by atoms with Crippen LogP contribution in [0.2, 0.25) is 0 Å². The number of rotatable bonds is 0. The van der Waals surface area contributed by atoms with Gasteiger partial charge in [-0.2, -0.15) is 0 Å². The summed E-state index contributed by atoms with van der Waals surface area (Å²) in [6.07, 6.45) is 4.29. The Labute approximate surface area is 80.2 Å². The smallest absolute Gasteiger partial charge is 0.0438 e. The normalized spacial score (nSPS) is 21.6. The van der Waals surface area contributed by atoms with Crippen LogP contribution in [0.1, 0.15) is 32.0 Å². The predicted octanol–water partition coefficient (Wildman–Crippen LogP) is 2.84. The first kappa shape index (κ1) is 8.74. The first-order valence-corrected chi connectivity index (χ1v) is 5.00. The standard InChI is InChI=1S/C12H17N/c1-12(2,3)10-7-9-5-4-6-13-11(9)8-10/h4-6,10H,7-8H2,1-3H3/t10-/m0/s1. The van der Waals surface area contributed by atoms with E-state index in [1.807, 2.05) is 12.3 Å². The summed E-state index contributed by atoms with van der Waals surface area (Å²) in [4.78, 5) is 4.42. The molecule has 0 spiro atoms. The molecule has 1 atom stereocenters. The summed E-state index contributed by atoms with van der Waals surface area (Å²) in [5.41, 5.74) is 3.20. The Kier molecular flexibility index (Phi) is 1.90. The molecule has 1 aromatic rings. The second-order valence-electron chi connectivity index (χ2n) is 5.08. The maximum atomic E-state index is 4.42. The largest absolute Gasteiger partial charge is 0.261 e. The van der Waals surface area contributed by atoms with E-state index in [0.29, 0.717) is 5.41 Å². The Hall–Kier alpha value is -0.850. The van der Waals surface area contributed by atoms with Crippen molar-refractivity contribution in [2.24, 2.45) is 11.3 Å². The highest BCUT2D eigenvalue weighted by Gasteiger charge is 2.31. The van der Waals surface area contributed by atoms with E-state index in [1.54, 1.807) is 0 Å². The molecule has 0 saturated carbocycles. The lowest BCUT2D eigenvalue weighted by Gasteiger charge is -2.26. The summed E-state index contributed by atoms with van der Waals surface area (Å²) in [7, 11) is 0. The van der Waals surface area contributed by atoms with Gasteiger partial charge in [0.2, 0.25) is 0 Å². The lowest BCUT2D eigenvalue weighted by Crippen LogP contribution is -2.20. The number of hydrogen-bond acceptors (Lipinski definition) is 1. The van der Waals surface area contributed by atoms with E-state index in [4.69, 9.17) is 0 Å². The summed E-state index contributed by atoms with van der Waals surface area (Å²) in [5.74, 6) is 0.775. The van der Waals surface area contributed by atoms with Gasteiger partial charge in [0.15, 0.2) is 0 Å². The third kappa shape index (κ3) is 1.60. The number of aromatic nitrogens is 1. The molecule has 0 aromatic carbocycles. The van der Waals surface area contributed by atoms with Crippen molar-refractivity contribution < 1.29 is 0 Å². The van der Waals surface area contributed by atoms with Crippen molar-refractivity contribution in [2.45, 2.75) is 33.6 Å². The van der Waals surface area contributed by atoms with Gasteiger partial charge in [0, 0.05) is 11.9 Å². The minimum atomic E-state index is 0.417. The molecule has 0 fully saturated rings. The Morgan fingerprint density at radius 3 is 2.69 bits per heavy atom. The fourth-order valence-corrected chi connectivity index (χ4v) is 2.02. The van der Waals surface area contributed by atoms with Crippen molar-refractivity contribution >= 4 is 0 Å². The molecule has 0 aliphatic heterocycles. The zero-order chi connectivity index (χ0) is 9.47. The van der Waals surface area contributed by atoms with Gasteiger partial charge in [0.05, 0.1) is 0 Å². The average Bonchev–Trinajstić information content (AvgIpc) is 2.45. The Bertz CT molecular complexity index is 284. The predicted molar refractivity (Wildman–Crippen MR) is 54.6 cm³/mol. The van der Waals surface area contributed by atoms with Crippen LogP contribution in [0.4, 0.5) is 0 Å². The molecule has 1 nitrogen and oxygen atoms in total. The van der Waals surface area contributed by atoms with E-state index < -0.39 is 0 Å². The maximum absolute atomic E-state index is 4.42. The first-order valence-electron chi connectivity index (χ1n) is 5.00. The molecule has 0 radical (unpaired) electrons. The van der Waals surface area contributed by atoms with Crippen LogP contribution >= 0.6 is 0 Å². The van der Waals surface area contributed by atoms with Crippen LogP contribution in [0.3, 0.4) is 0 Å². The second kappa shape index (κ2) is 2.83. The zero-order valence-corrected chi connectivity index (χ0v) is 8.67. The number of nitrogens with zero attached hydrogens (tertiary/aromatic N) is 1. The molecule has 70 valence electrons. The van der Waals surface area contributed by atoms with Gasteiger partial charge in [-0.3, -0.25) is 4.98 Å². The molecule has 0 bridgehead atoms. The molecule has 0 amide bonds. The summed E-state index contributed by atoms with van der Waals surface area (Å²) < 4.78 is 0. The van der Waals surface area contributed by atoms with E-state index in [-0.39, 0.29) is 0 Å². The number of pyridine rings is 1. The van der Waals surface area contributed by atoms with Crippen LogP contribution < -0.4 is 0 Å². The van der Waals surface area contributed by atoms with Crippen LogP contribution in [0.5, 0.6) is 0 Å². The molecule has 1 aliphatic rings. The van der Waals surface area contributed by atoms with Crippen LogP contribution in [-0.4, -0.2) is 4.98 Å². The van der Waals surface area contributed by atoms with Gasteiger partial charge in [-0.15, -0.1) is 0 Å². The lowest BCUT2D eigenvalue weighted by atomic mass is 9.79. The van der Waals surface area contributed by atoms with Crippen molar-refractivity contribution in [3.63, 3.8) is 0 Å². The number of fused-ring (bicyclic) bond motifs is 1. The van der Waals surface area contributed by atoms with Crippen molar-refractivity contribution in [1.82, 2.24) is 4.98 Å². The van der Waals surface area contributed by atoms with Gasteiger partial charge in [-0.1, -0.05) is 26.8 Å². The van der Waals surface area contributed by atoms with E-state index in [2.05, 4.69) is 31.8 Å². The summed E-state index contributed by atoms with van der Waals surface area (Å²) >= 11 is 0. The van der Waals surface area contributed by atoms with Gasteiger partial charge >= 0.3 is 0 Å². The molecule has 0 unspecified atom stereocenters. The van der Waals surface area contributed by atoms with E-state index in [0.717, 1.165) is 5.92 Å². The van der Waals surface area contributed by atoms with Crippen LogP contribution in [0.25, 0.3) is 0 Å². The molecular formula is C12H17N. The Morgan fingerprint density at radius 2 is 2.08 bits per heavy atom. The summed E-state index contributed by atoms with van der Waals surface area (Å²) in [6.45, 7) is 6.97. The molecule has 0 saturated heterocycles. The fraction of sp³-hybridized carbons (Fsp3) is 0.583. The highest BCUT2D eigenvalue weighted by Crippen LogP contribution is 2.37. The quantitative estimate of drug-likeness (QED) is 0.591. The van der Waals surface area contributed by atoms with Crippen molar-refractivity contribution in [2.75, 3.05) is 0 Å². The van der Waals surface area contributed by atoms with Crippen LogP contribution in [0.15, 0.2) is 18.3 Å². The Balaban J connectivity index is 2.23. The highest BCUT2D eigenvalue weighted by atomic mass is 14.7. The van der Waals surface area contributed by atoms with Gasteiger partial charge in [-0.05, 0) is 35.8 Å². The SMILES string of the molecule is CC(C)(C)[C@H]1Cc2cccnc2C1. The summed E-state index contributed by atoms with van der Waals surface area (Å²) in [6, 6.07) is 4.26. The third-order valence-electron chi connectivity index (χ3n) is 3.12. The summed E-state index contributed by atoms with van der Waals surface area (Å²) in [5, 5.41) is 0. The zero-order valence-electron chi connectivity index (χ0n) is 8.67. The van der Waals surface area contributed by atoms with E-state index in [9.17, 15) is 0 Å². The third-order valence-corrected chi connectivity index (χ3v) is 3.12. The molecular weight excluding hydrogens is 158 g/mol. The fourth-order valence-electron chi connectivity index (χ4n) is 2.02. The average molecular weight is 175 g/mol. The number of hydrogen-bond donors (Lipinski definition) is 0. The molecule has 13 heavy (non-hydrogen) atoms. The van der Waals surface area contributed by atoms with Gasteiger partial charge in [0.25, 0.3) is 0 Å². The molecule has 1 heteroatoms. The van der Waals surface area contributed by atoms with Crippen LogP contribution in [-0.2, 0) is 12.8 Å². The molecule has 2 rings (SSSR count). The molecule has 1 aromatic heterocycles. The van der Waals surface area contributed by atoms with Crippen LogP contribution in [0, 0.1) is 11.3 Å². The van der Waals surface area contributed by atoms with Crippen molar-refractivity contribution in [1.29, 1.82) is 0 Å².